The van der Waals surface area contributed by atoms with Crippen LogP contribution in [0.25, 0.3) is 0 Å². The van der Waals surface area contributed by atoms with E-state index in [-0.39, 0.29) is 25.7 Å². The predicted octanol–water partition coefficient (Wildman–Crippen LogP) is 22.9. The van der Waals surface area contributed by atoms with Crippen LogP contribution in [-0.4, -0.2) is 96.7 Å². The summed E-state index contributed by atoms with van der Waals surface area (Å²) in [5, 5.41) is 10.6. The molecule has 0 aromatic heterocycles. The Bertz CT molecular complexity index is 1840. The van der Waals surface area contributed by atoms with Gasteiger partial charge in [0, 0.05) is 25.7 Å². The van der Waals surface area contributed by atoms with Crippen molar-refractivity contribution in [2.75, 3.05) is 39.6 Å². The number of phosphoric acid groups is 2. The van der Waals surface area contributed by atoms with Crippen LogP contribution >= 0.6 is 15.6 Å². The van der Waals surface area contributed by atoms with Crippen molar-refractivity contribution in [3.05, 3.63) is 0 Å². The lowest BCUT2D eigenvalue weighted by atomic mass is 10.0. The van der Waals surface area contributed by atoms with Gasteiger partial charge in [0.2, 0.25) is 0 Å². The van der Waals surface area contributed by atoms with Crippen LogP contribution in [0.1, 0.15) is 407 Å². The molecule has 0 aliphatic heterocycles. The maximum Gasteiger partial charge on any atom is 0.472 e. The van der Waals surface area contributed by atoms with Crippen molar-refractivity contribution in [1.29, 1.82) is 0 Å². The number of unbranched alkanes of at least 4 members (excludes halogenated alkanes) is 49. The van der Waals surface area contributed by atoms with Crippen LogP contribution in [0.2, 0.25) is 0 Å². The van der Waals surface area contributed by atoms with Crippen molar-refractivity contribution in [3.63, 3.8) is 0 Å². The van der Waals surface area contributed by atoms with Crippen LogP contribution in [0.4, 0.5) is 0 Å². The third kappa shape index (κ3) is 70.5. The molecule has 0 aromatic rings. The lowest BCUT2D eigenvalue weighted by molar-refractivity contribution is -0.161. The average Bonchev–Trinajstić information content (AvgIpc) is 2.19. The summed E-state index contributed by atoms with van der Waals surface area (Å²) in [6.07, 6.45) is 59.7. The van der Waals surface area contributed by atoms with E-state index in [9.17, 15) is 43.2 Å². The van der Waals surface area contributed by atoms with Crippen molar-refractivity contribution in [1.82, 2.24) is 0 Å². The summed E-state index contributed by atoms with van der Waals surface area (Å²) >= 11 is 0. The second kappa shape index (κ2) is 70.1. The molecule has 17 nitrogen and oxygen atoms in total. The molecule has 2 unspecified atom stereocenters. The fourth-order valence-corrected chi connectivity index (χ4v) is 13.5. The van der Waals surface area contributed by atoms with Gasteiger partial charge in [0.1, 0.15) is 19.3 Å². The quantitative estimate of drug-likeness (QED) is 0.0222. The first-order valence-electron chi connectivity index (χ1n) is 40.1. The Kier molecular flexibility index (Phi) is 68.7. The van der Waals surface area contributed by atoms with Gasteiger partial charge in [-0.3, -0.25) is 37.3 Å². The Morgan fingerprint density at radius 3 is 0.708 bits per heavy atom. The zero-order valence-electron chi connectivity index (χ0n) is 62.5. The number of rotatable bonds is 77. The molecule has 0 bridgehead atoms. The Labute approximate surface area is 588 Å². The van der Waals surface area contributed by atoms with Gasteiger partial charge in [0.15, 0.2) is 12.2 Å². The Balaban J connectivity index is 5.17. The second-order valence-corrected chi connectivity index (χ2v) is 31.1. The highest BCUT2D eigenvalue weighted by Gasteiger charge is 2.30. The van der Waals surface area contributed by atoms with Crippen LogP contribution in [0.3, 0.4) is 0 Å². The molecule has 0 spiro atoms. The van der Waals surface area contributed by atoms with E-state index in [1.54, 1.807) is 0 Å². The van der Waals surface area contributed by atoms with Crippen LogP contribution < -0.4 is 0 Å². The average molecular weight is 1410 g/mol. The molecule has 0 radical (unpaired) electrons. The minimum absolute atomic E-state index is 0.107. The van der Waals surface area contributed by atoms with E-state index in [0.29, 0.717) is 25.7 Å². The summed E-state index contributed by atoms with van der Waals surface area (Å²) in [7, 11) is -9.90. The molecule has 5 atom stereocenters. The molecule has 0 saturated carbocycles. The number of phosphoric ester groups is 2. The fraction of sp³-hybridized carbons (Fsp3) is 0.948. The Morgan fingerprint density at radius 1 is 0.281 bits per heavy atom. The number of carbonyl (C=O) groups excluding carboxylic acids is 4. The third-order valence-corrected chi connectivity index (χ3v) is 19.9. The molecule has 96 heavy (non-hydrogen) atoms. The molecule has 19 heteroatoms. The van der Waals surface area contributed by atoms with Gasteiger partial charge < -0.3 is 33.8 Å². The van der Waals surface area contributed by atoms with Crippen molar-refractivity contribution < 1.29 is 80.2 Å². The number of ether oxygens (including phenoxy) is 4. The molecule has 0 fully saturated rings. The number of hydrogen-bond acceptors (Lipinski definition) is 15. The summed E-state index contributed by atoms with van der Waals surface area (Å²) in [6, 6.07) is 0. The molecule has 0 heterocycles. The Morgan fingerprint density at radius 2 is 0.479 bits per heavy atom. The molecule has 0 aliphatic carbocycles. The van der Waals surface area contributed by atoms with E-state index in [4.69, 9.17) is 37.0 Å². The first-order valence-corrected chi connectivity index (χ1v) is 43.1. The summed E-state index contributed by atoms with van der Waals surface area (Å²) in [5.74, 6) is -1.29. The number of carbonyl (C=O) groups is 4. The fourth-order valence-electron chi connectivity index (χ4n) is 11.9. The van der Waals surface area contributed by atoms with Gasteiger partial charge in [0.25, 0.3) is 0 Å². The van der Waals surface area contributed by atoms with Gasteiger partial charge in [-0.2, -0.15) is 0 Å². The SMILES string of the molecule is CCCCCCCCCCCCCCCCCCC(=O)OC[C@H](COP(=O)(O)OC[C@@H](O)COP(=O)(O)OC[C@@H](COC(=O)CCCCCCCCCC)OC(=O)CCCCCCCCCCCCC)OC(=O)CCCCCCCCCCCCCCCCCCCCC(C)C. The highest BCUT2D eigenvalue weighted by molar-refractivity contribution is 7.47. The van der Waals surface area contributed by atoms with E-state index in [0.717, 1.165) is 102 Å². The van der Waals surface area contributed by atoms with Crippen molar-refractivity contribution in [2.45, 2.75) is 425 Å². The maximum absolute atomic E-state index is 13.1. The lowest BCUT2D eigenvalue weighted by Gasteiger charge is -2.21. The van der Waals surface area contributed by atoms with Gasteiger partial charge in [-0.25, -0.2) is 9.13 Å². The Hall–Kier alpha value is -1.94. The van der Waals surface area contributed by atoms with Crippen LogP contribution in [0, 0.1) is 5.92 Å². The predicted molar refractivity (Wildman–Crippen MR) is 391 cm³/mol. The molecule has 570 valence electrons. The van der Waals surface area contributed by atoms with E-state index in [2.05, 4.69) is 34.6 Å². The number of esters is 4. The van der Waals surface area contributed by atoms with Crippen molar-refractivity contribution in [2.24, 2.45) is 5.92 Å². The van der Waals surface area contributed by atoms with Gasteiger partial charge in [-0.05, 0) is 31.6 Å². The summed E-state index contributed by atoms with van der Waals surface area (Å²) in [4.78, 5) is 72.7. The number of aliphatic hydroxyl groups excluding tert-OH is 1. The standard InChI is InChI=1S/C77H150O17P2/c1-6-9-12-15-18-21-23-24-25-31-34-38-41-46-51-56-61-75(80)88-67-73(94-77(82)63-58-53-48-43-39-35-32-29-27-26-28-30-33-37-40-44-49-54-59-70(4)5)69-92-96(85,86)90-65-71(78)64-89-95(83,84)91-68-72(66-87-74(79)60-55-50-45-20-17-14-11-8-3)93-76(81)62-57-52-47-42-36-22-19-16-13-10-7-2/h70-73,78H,6-69H2,1-5H3,(H,83,84)(H,85,86)/t71-,72+,73+/m0/s1. The minimum atomic E-state index is -4.96. The van der Waals surface area contributed by atoms with Crippen LogP contribution in [-0.2, 0) is 65.4 Å². The summed E-state index contributed by atoms with van der Waals surface area (Å²) < 4.78 is 68.5. The largest absolute Gasteiger partial charge is 0.472 e. The van der Waals surface area contributed by atoms with E-state index >= 15 is 0 Å². The number of aliphatic hydroxyl groups is 1. The van der Waals surface area contributed by atoms with Crippen LogP contribution in [0.5, 0.6) is 0 Å². The summed E-state index contributed by atoms with van der Waals surface area (Å²) in [6.45, 7) is 7.31. The van der Waals surface area contributed by atoms with Gasteiger partial charge in [-0.15, -0.1) is 0 Å². The summed E-state index contributed by atoms with van der Waals surface area (Å²) in [5.41, 5.74) is 0. The normalized spacial score (nSPS) is 13.9. The molecule has 0 aliphatic rings. The van der Waals surface area contributed by atoms with Crippen molar-refractivity contribution in [3.8, 4) is 0 Å². The van der Waals surface area contributed by atoms with E-state index < -0.39 is 97.5 Å². The molecule has 3 N–H and O–H groups in total. The molecule has 0 rings (SSSR count). The minimum Gasteiger partial charge on any atom is -0.462 e. The van der Waals surface area contributed by atoms with E-state index in [1.165, 1.54) is 225 Å². The van der Waals surface area contributed by atoms with Gasteiger partial charge in [0.05, 0.1) is 26.4 Å². The highest BCUT2D eigenvalue weighted by Crippen LogP contribution is 2.45. The zero-order valence-corrected chi connectivity index (χ0v) is 64.3. The second-order valence-electron chi connectivity index (χ2n) is 28.2. The highest BCUT2D eigenvalue weighted by atomic mass is 31.2. The van der Waals surface area contributed by atoms with Gasteiger partial charge in [-0.1, -0.05) is 356 Å². The molecule has 0 saturated heterocycles. The lowest BCUT2D eigenvalue weighted by Crippen LogP contribution is -2.30. The smallest absolute Gasteiger partial charge is 0.462 e. The first kappa shape index (κ1) is 94.1. The number of hydrogen-bond donors (Lipinski definition) is 3. The monoisotopic (exact) mass is 1410 g/mol. The zero-order chi connectivity index (χ0) is 70.5. The molecular weight excluding hydrogens is 1260 g/mol. The van der Waals surface area contributed by atoms with Crippen LogP contribution in [0.15, 0.2) is 0 Å². The van der Waals surface area contributed by atoms with E-state index in [1.807, 2.05) is 0 Å². The molecular formula is C77H150O17P2. The third-order valence-electron chi connectivity index (χ3n) is 18.0. The topological polar surface area (TPSA) is 237 Å². The maximum atomic E-state index is 13.1. The van der Waals surface area contributed by atoms with Gasteiger partial charge >= 0.3 is 39.5 Å². The first-order chi connectivity index (χ1) is 46.5. The molecule has 0 aromatic carbocycles. The van der Waals surface area contributed by atoms with Crippen molar-refractivity contribution >= 4 is 39.5 Å². The molecule has 0 amide bonds.